The first-order valence-corrected chi connectivity index (χ1v) is 6.32. The van der Waals surface area contributed by atoms with E-state index < -0.39 is 0 Å². The van der Waals surface area contributed by atoms with Gasteiger partial charge in [-0.3, -0.25) is 0 Å². The summed E-state index contributed by atoms with van der Waals surface area (Å²) in [5, 5.41) is 14.4. The van der Waals surface area contributed by atoms with Crippen LogP contribution in [0, 0.1) is 0 Å². The van der Waals surface area contributed by atoms with Crippen LogP contribution in [-0.4, -0.2) is 17.3 Å². The Morgan fingerprint density at radius 2 is 1.94 bits per heavy atom. The van der Waals surface area contributed by atoms with Gasteiger partial charge in [-0.1, -0.05) is 36.0 Å². The van der Waals surface area contributed by atoms with E-state index in [1.165, 1.54) is 0 Å². The number of nitrogens with one attached hydrogen (secondary N) is 1. The van der Waals surface area contributed by atoms with Crippen LogP contribution < -0.4 is 5.32 Å². The van der Waals surface area contributed by atoms with Crippen LogP contribution in [0.2, 0.25) is 10.0 Å². The number of benzene rings is 1. The quantitative estimate of drug-likeness (QED) is 0.849. The summed E-state index contributed by atoms with van der Waals surface area (Å²) in [6.45, 7) is 0. The second-order valence-electron chi connectivity index (χ2n) is 4.23. The summed E-state index contributed by atoms with van der Waals surface area (Å²) in [5.41, 5.74) is 0.806. The fourth-order valence-corrected chi connectivity index (χ4v) is 2.43. The topological polar surface area (TPSA) is 32.3 Å². The Morgan fingerprint density at radius 1 is 1.19 bits per heavy atom. The van der Waals surface area contributed by atoms with E-state index in [-0.39, 0.29) is 12.1 Å². The Balaban J connectivity index is 2.10. The first-order valence-electron chi connectivity index (χ1n) is 5.56. The molecule has 2 N–H and O–H groups in total. The summed E-state index contributed by atoms with van der Waals surface area (Å²) >= 11 is 12.0. The standard InChI is InChI=1S/C12H15Cl2NO/c13-8-5-6-9(14)11(7-8)15-10-3-1-2-4-12(10)16/h5-7,10,12,15-16H,1-4H2/t10-,12-/m1/s1. The molecule has 0 saturated heterocycles. The van der Waals surface area contributed by atoms with Gasteiger partial charge in [-0.25, -0.2) is 0 Å². The average molecular weight is 260 g/mol. The third-order valence-corrected chi connectivity index (χ3v) is 3.56. The minimum atomic E-state index is -0.288. The zero-order chi connectivity index (χ0) is 11.5. The molecule has 2 atom stereocenters. The van der Waals surface area contributed by atoms with Crippen LogP contribution in [0.1, 0.15) is 25.7 Å². The minimum absolute atomic E-state index is 0.0877. The van der Waals surface area contributed by atoms with E-state index in [0.29, 0.717) is 10.0 Å². The van der Waals surface area contributed by atoms with Gasteiger partial charge in [-0.2, -0.15) is 0 Å². The van der Waals surface area contributed by atoms with Crippen molar-refractivity contribution in [2.24, 2.45) is 0 Å². The molecule has 0 radical (unpaired) electrons. The van der Waals surface area contributed by atoms with Gasteiger partial charge in [-0.15, -0.1) is 0 Å². The van der Waals surface area contributed by atoms with Gasteiger partial charge in [0.25, 0.3) is 0 Å². The molecule has 0 spiro atoms. The van der Waals surface area contributed by atoms with E-state index >= 15 is 0 Å². The van der Waals surface area contributed by atoms with E-state index in [9.17, 15) is 5.11 Å². The molecular weight excluding hydrogens is 245 g/mol. The summed E-state index contributed by atoms with van der Waals surface area (Å²) < 4.78 is 0. The molecule has 1 aliphatic carbocycles. The van der Waals surface area contributed by atoms with E-state index in [4.69, 9.17) is 23.2 Å². The molecule has 1 aliphatic rings. The van der Waals surface area contributed by atoms with E-state index in [2.05, 4.69) is 5.32 Å². The highest BCUT2D eigenvalue weighted by Crippen LogP contribution is 2.29. The normalized spacial score (nSPS) is 25.4. The molecule has 0 aliphatic heterocycles. The van der Waals surface area contributed by atoms with E-state index in [1.807, 2.05) is 0 Å². The number of aliphatic hydroxyl groups excluding tert-OH is 1. The third-order valence-electron chi connectivity index (χ3n) is 3.00. The highest BCUT2D eigenvalue weighted by atomic mass is 35.5. The van der Waals surface area contributed by atoms with Gasteiger partial charge in [0.15, 0.2) is 0 Å². The second kappa shape index (κ2) is 5.26. The van der Waals surface area contributed by atoms with Gasteiger partial charge in [0, 0.05) is 5.02 Å². The molecule has 88 valence electrons. The Bertz CT molecular complexity index is 370. The zero-order valence-corrected chi connectivity index (χ0v) is 10.4. The van der Waals surface area contributed by atoms with Crippen LogP contribution >= 0.6 is 23.2 Å². The molecular formula is C12H15Cl2NO. The number of aliphatic hydroxyl groups is 1. The minimum Gasteiger partial charge on any atom is -0.391 e. The first-order chi connectivity index (χ1) is 7.66. The Kier molecular flexibility index (Phi) is 3.95. The molecule has 0 amide bonds. The zero-order valence-electron chi connectivity index (χ0n) is 8.92. The SMILES string of the molecule is O[C@@H]1CCCC[C@H]1Nc1cc(Cl)ccc1Cl. The van der Waals surface area contributed by atoms with Gasteiger partial charge in [-0.05, 0) is 31.0 Å². The van der Waals surface area contributed by atoms with E-state index in [0.717, 1.165) is 31.4 Å². The number of anilines is 1. The monoisotopic (exact) mass is 259 g/mol. The molecule has 0 heterocycles. The van der Waals surface area contributed by atoms with Crippen LogP contribution in [0.3, 0.4) is 0 Å². The van der Waals surface area contributed by atoms with Gasteiger partial charge in [0.2, 0.25) is 0 Å². The van der Waals surface area contributed by atoms with Crippen molar-refractivity contribution in [3.63, 3.8) is 0 Å². The molecule has 1 aromatic rings. The van der Waals surface area contributed by atoms with Crippen molar-refractivity contribution in [3.8, 4) is 0 Å². The summed E-state index contributed by atoms with van der Waals surface area (Å²) in [6.07, 6.45) is 3.79. The van der Waals surface area contributed by atoms with Gasteiger partial charge >= 0.3 is 0 Å². The lowest BCUT2D eigenvalue weighted by molar-refractivity contribution is 0.116. The summed E-state index contributed by atoms with van der Waals surface area (Å²) in [4.78, 5) is 0. The van der Waals surface area contributed by atoms with Crippen LogP contribution in [0.5, 0.6) is 0 Å². The predicted molar refractivity (Wildman–Crippen MR) is 68.3 cm³/mol. The maximum Gasteiger partial charge on any atom is 0.0741 e. The van der Waals surface area contributed by atoms with Crippen LogP contribution in [0.15, 0.2) is 18.2 Å². The average Bonchev–Trinajstić information content (AvgIpc) is 2.27. The largest absolute Gasteiger partial charge is 0.391 e. The summed E-state index contributed by atoms with van der Waals surface area (Å²) in [7, 11) is 0. The van der Waals surface area contributed by atoms with Crippen molar-refractivity contribution in [3.05, 3.63) is 28.2 Å². The van der Waals surface area contributed by atoms with Crippen LogP contribution in [0.4, 0.5) is 5.69 Å². The molecule has 0 unspecified atom stereocenters. The Labute approximate surface area is 106 Å². The highest BCUT2D eigenvalue weighted by Gasteiger charge is 2.23. The number of hydrogen-bond donors (Lipinski definition) is 2. The highest BCUT2D eigenvalue weighted by molar-refractivity contribution is 6.35. The van der Waals surface area contributed by atoms with Crippen molar-refractivity contribution in [1.82, 2.24) is 0 Å². The Hall–Kier alpha value is -0.440. The maximum atomic E-state index is 9.85. The van der Waals surface area contributed by atoms with Crippen molar-refractivity contribution < 1.29 is 5.11 Å². The second-order valence-corrected chi connectivity index (χ2v) is 5.07. The summed E-state index contributed by atoms with van der Waals surface area (Å²) in [6, 6.07) is 5.41. The fourth-order valence-electron chi connectivity index (χ4n) is 2.09. The molecule has 1 aromatic carbocycles. The lowest BCUT2D eigenvalue weighted by Gasteiger charge is -2.29. The molecule has 1 saturated carbocycles. The predicted octanol–water partition coefficient (Wildman–Crippen LogP) is 3.71. The number of hydrogen-bond acceptors (Lipinski definition) is 2. The van der Waals surface area contributed by atoms with Gasteiger partial charge in [0.1, 0.15) is 0 Å². The molecule has 0 aromatic heterocycles. The molecule has 4 heteroatoms. The van der Waals surface area contributed by atoms with Gasteiger partial charge in [0.05, 0.1) is 22.9 Å². The van der Waals surface area contributed by atoms with Crippen molar-refractivity contribution in [1.29, 1.82) is 0 Å². The fraction of sp³-hybridized carbons (Fsp3) is 0.500. The third kappa shape index (κ3) is 2.82. The van der Waals surface area contributed by atoms with Crippen LogP contribution in [-0.2, 0) is 0 Å². The van der Waals surface area contributed by atoms with E-state index in [1.54, 1.807) is 18.2 Å². The Morgan fingerprint density at radius 3 is 2.69 bits per heavy atom. The van der Waals surface area contributed by atoms with Crippen molar-refractivity contribution in [2.45, 2.75) is 37.8 Å². The maximum absolute atomic E-state index is 9.85. The van der Waals surface area contributed by atoms with Gasteiger partial charge < -0.3 is 10.4 Å². The first kappa shape index (κ1) is 12.0. The smallest absolute Gasteiger partial charge is 0.0741 e. The molecule has 2 rings (SSSR count). The lowest BCUT2D eigenvalue weighted by atomic mass is 9.92. The van der Waals surface area contributed by atoms with Crippen LogP contribution in [0.25, 0.3) is 0 Å². The molecule has 2 nitrogen and oxygen atoms in total. The van der Waals surface area contributed by atoms with Crippen molar-refractivity contribution >= 4 is 28.9 Å². The van der Waals surface area contributed by atoms with Crippen molar-refractivity contribution in [2.75, 3.05) is 5.32 Å². The number of halogens is 2. The molecule has 0 bridgehead atoms. The molecule has 1 fully saturated rings. The molecule has 16 heavy (non-hydrogen) atoms. The lowest BCUT2D eigenvalue weighted by Crippen LogP contribution is -2.36. The summed E-state index contributed by atoms with van der Waals surface area (Å²) in [5.74, 6) is 0. The number of rotatable bonds is 2.